The van der Waals surface area contributed by atoms with Gasteiger partial charge in [0.2, 0.25) is 0 Å². The minimum absolute atomic E-state index is 0.301. The molecule has 78 valence electrons. The average Bonchev–Trinajstić information content (AvgIpc) is 2.00. The molecule has 0 aliphatic heterocycles. The summed E-state index contributed by atoms with van der Waals surface area (Å²) < 4.78 is 40.3. The summed E-state index contributed by atoms with van der Waals surface area (Å²) in [7, 11) is 0. The Kier molecular flexibility index (Phi) is 3.08. The Hall–Kier alpha value is -1.13. The molecule has 0 spiro atoms. The van der Waals surface area contributed by atoms with Crippen molar-refractivity contribution in [1.82, 2.24) is 0 Å². The smallest absolute Gasteiger partial charge is 0.515 e. The first kappa shape index (κ1) is 11.0. The molecule has 5 heteroatoms. The van der Waals surface area contributed by atoms with Crippen LogP contribution in [0.25, 0.3) is 0 Å². The highest BCUT2D eigenvalue weighted by Gasteiger charge is 2.24. The zero-order valence-corrected chi connectivity index (χ0v) is 8.06. The second-order valence-corrected chi connectivity index (χ2v) is 3.29. The zero-order valence-electron chi connectivity index (χ0n) is 8.06. The largest absolute Gasteiger partial charge is 0.521 e. The first-order chi connectivity index (χ1) is 6.38. The summed E-state index contributed by atoms with van der Waals surface area (Å²) in [5, 5.41) is 0. The molecule has 14 heavy (non-hydrogen) atoms. The normalized spacial score (nSPS) is 11.5. The molecule has 0 aliphatic rings. The van der Waals surface area contributed by atoms with Crippen LogP contribution in [0.5, 0.6) is 5.75 Å². The SMILES string of the molecule is Cc1ccc(OC[B-](F)(F)F)c(C)c1. The van der Waals surface area contributed by atoms with Crippen molar-refractivity contribution in [2.45, 2.75) is 13.8 Å². The van der Waals surface area contributed by atoms with Crippen molar-refractivity contribution >= 4 is 6.98 Å². The van der Waals surface area contributed by atoms with Crippen molar-refractivity contribution in [1.29, 1.82) is 0 Å². The molecule has 0 amide bonds. The van der Waals surface area contributed by atoms with Gasteiger partial charge in [0, 0.05) is 0 Å². The maximum Gasteiger partial charge on any atom is 0.515 e. The Morgan fingerprint density at radius 1 is 1.21 bits per heavy atom. The number of hydrogen-bond acceptors (Lipinski definition) is 1. The summed E-state index contributed by atoms with van der Waals surface area (Å²) in [5.41, 5.74) is 1.73. The Bertz CT molecular complexity index is 322. The third-order valence-corrected chi connectivity index (χ3v) is 1.76. The monoisotopic (exact) mass is 203 g/mol. The van der Waals surface area contributed by atoms with E-state index in [1.807, 2.05) is 6.92 Å². The third kappa shape index (κ3) is 3.32. The lowest BCUT2D eigenvalue weighted by Crippen LogP contribution is -2.26. The van der Waals surface area contributed by atoms with Gasteiger partial charge >= 0.3 is 6.98 Å². The van der Waals surface area contributed by atoms with E-state index >= 15 is 0 Å². The topological polar surface area (TPSA) is 9.23 Å². The quantitative estimate of drug-likeness (QED) is 0.685. The van der Waals surface area contributed by atoms with Crippen molar-refractivity contribution in [3.63, 3.8) is 0 Å². The summed E-state index contributed by atoms with van der Waals surface area (Å²) in [4.78, 5) is 0. The van der Waals surface area contributed by atoms with E-state index in [0.29, 0.717) is 5.75 Å². The molecule has 1 aromatic carbocycles. The summed E-state index contributed by atoms with van der Waals surface area (Å²) in [6.45, 7) is -2.44. The minimum atomic E-state index is -4.87. The molecule has 0 saturated heterocycles. The third-order valence-electron chi connectivity index (χ3n) is 1.76. The van der Waals surface area contributed by atoms with Gasteiger partial charge in [0.25, 0.3) is 0 Å². The Labute approximate surface area is 80.9 Å². The average molecular weight is 203 g/mol. The van der Waals surface area contributed by atoms with Crippen LogP contribution in [0.3, 0.4) is 0 Å². The van der Waals surface area contributed by atoms with Gasteiger partial charge in [-0.25, -0.2) is 0 Å². The predicted molar refractivity (Wildman–Crippen MR) is 50.5 cm³/mol. The van der Waals surface area contributed by atoms with Crippen molar-refractivity contribution in [2.75, 3.05) is 6.51 Å². The van der Waals surface area contributed by atoms with Gasteiger partial charge in [-0.2, -0.15) is 0 Å². The van der Waals surface area contributed by atoms with Crippen LogP contribution in [-0.4, -0.2) is 13.5 Å². The number of hydrogen-bond donors (Lipinski definition) is 0. The second-order valence-electron chi connectivity index (χ2n) is 3.29. The second kappa shape index (κ2) is 3.94. The van der Waals surface area contributed by atoms with Crippen molar-refractivity contribution < 1.29 is 17.7 Å². The molecule has 0 radical (unpaired) electrons. The number of rotatable bonds is 3. The first-order valence-corrected chi connectivity index (χ1v) is 4.29. The van der Waals surface area contributed by atoms with Crippen LogP contribution < -0.4 is 4.74 Å². The van der Waals surface area contributed by atoms with Crippen LogP contribution in [0, 0.1) is 13.8 Å². The van der Waals surface area contributed by atoms with Gasteiger partial charge < -0.3 is 17.7 Å². The molecule has 1 aromatic rings. The molecule has 0 bridgehead atoms. The van der Waals surface area contributed by atoms with Crippen LogP contribution in [0.4, 0.5) is 12.9 Å². The van der Waals surface area contributed by atoms with E-state index in [9.17, 15) is 12.9 Å². The van der Waals surface area contributed by atoms with Gasteiger partial charge in [-0.15, -0.1) is 0 Å². The molecular weight excluding hydrogens is 192 g/mol. The molecule has 0 heterocycles. The maximum absolute atomic E-state index is 11.9. The first-order valence-electron chi connectivity index (χ1n) is 4.29. The van der Waals surface area contributed by atoms with Gasteiger partial charge in [0.05, 0.1) is 6.51 Å². The molecule has 0 N–H and O–H groups in total. The van der Waals surface area contributed by atoms with E-state index in [1.54, 1.807) is 25.1 Å². The van der Waals surface area contributed by atoms with Gasteiger partial charge in [0.15, 0.2) is 0 Å². The lowest BCUT2D eigenvalue weighted by molar-refractivity contribution is 0.312. The minimum Gasteiger partial charge on any atom is -0.521 e. The van der Waals surface area contributed by atoms with E-state index in [2.05, 4.69) is 4.74 Å². The molecule has 0 unspecified atom stereocenters. The molecule has 0 saturated carbocycles. The van der Waals surface area contributed by atoms with E-state index < -0.39 is 13.5 Å². The highest BCUT2D eigenvalue weighted by molar-refractivity contribution is 6.58. The standard InChI is InChI=1S/C9H11BF3O/c1-7-3-4-9(8(2)5-7)14-6-10(11,12)13/h3-5H,6H2,1-2H3/q-1. The molecular formula is C9H11BF3O-. The zero-order chi connectivity index (χ0) is 10.8. The highest BCUT2D eigenvalue weighted by Crippen LogP contribution is 2.20. The summed E-state index contributed by atoms with van der Waals surface area (Å²) >= 11 is 0. The number of halogens is 3. The lowest BCUT2D eigenvalue weighted by atomic mass is 9.95. The summed E-state index contributed by atoms with van der Waals surface area (Å²) in [6.07, 6.45) is 0. The number of benzene rings is 1. The molecule has 0 aliphatic carbocycles. The molecule has 1 nitrogen and oxygen atoms in total. The van der Waals surface area contributed by atoms with E-state index in [1.165, 1.54) is 0 Å². The summed E-state index contributed by atoms with van der Waals surface area (Å²) in [5.74, 6) is 0.301. The fraction of sp³-hybridized carbons (Fsp3) is 0.333. The maximum atomic E-state index is 11.9. The van der Waals surface area contributed by atoms with Crippen LogP contribution >= 0.6 is 0 Å². The molecule has 0 atom stereocenters. The van der Waals surface area contributed by atoms with Crippen molar-refractivity contribution in [3.8, 4) is 5.75 Å². The highest BCUT2D eigenvalue weighted by atomic mass is 19.4. The fourth-order valence-electron chi connectivity index (χ4n) is 1.15. The number of aryl methyl sites for hydroxylation is 2. The summed E-state index contributed by atoms with van der Waals surface area (Å²) in [6, 6.07) is 5.08. The molecule has 0 fully saturated rings. The van der Waals surface area contributed by atoms with E-state index in [-0.39, 0.29) is 0 Å². The predicted octanol–water partition coefficient (Wildman–Crippen LogP) is 3.07. The van der Waals surface area contributed by atoms with Gasteiger partial charge in [-0.05, 0) is 25.5 Å². The van der Waals surface area contributed by atoms with Crippen LogP contribution in [0.2, 0.25) is 0 Å². The van der Waals surface area contributed by atoms with Gasteiger partial charge in [-0.3, -0.25) is 0 Å². The lowest BCUT2D eigenvalue weighted by Gasteiger charge is -2.16. The fourth-order valence-corrected chi connectivity index (χ4v) is 1.15. The van der Waals surface area contributed by atoms with E-state index in [0.717, 1.165) is 11.1 Å². The molecule has 1 rings (SSSR count). The van der Waals surface area contributed by atoms with Crippen LogP contribution in [0.15, 0.2) is 18.2 Å². The Balaban J connectivity index is 2.68. The van der Waals surface area contributed by atoms with Gasteiger partial charge in [0.1, 0.15) is 5.75 Å². The molecule has 0 aromatic heterocycles. The van der Waals surface area contributed by atoms with Crippen LogP contribution in [0.1, 0.15) is 11.1 Å². The van der Waals surface area contributed by atoms with Crippen molar-refractivity contribution in [3.05, 3.63) is 29.3 Å². The van der Waals surface area contributed by atoms with Crippen LogP contribution in [-0.2, 0) is 0 Å². The van der Waals surface area contributed by atoms with Gasteiger partial charge in [-0.1, -0.05) is 17.7 Å². The Morgan fingerprint density at radius 3 is 2.36 bits per heavy atom. The van der Waals surface area contributed by atoms with E-state index in [4.69, 9.17) is 0 Å². The Morgan fingerprint density at radius 2 is 1.86 bits per heavy atom. The van der Waals surface area contributed by atoms with Crippen molar-refractivity contribution in [2.24, 2.45) is 0 Å². The number of ether oxygens (including phenoxy) is 1.